The topological polar surface area (TPSA) is 70.7 Å². The van der Waals surface area contributed by atoms with E-state index in [1.165, 1.54) is 0 Å². The van der Waals surface area contributed by atoms with Crippen LogP contribution in [0.1, 0.15) is 48.5 Å². The number of hydrogen-bond donors (Lipinski definition) is 2. The number of hydrogen-bond acceptors (Lipinski definition) is 4. The minimum Gasteiger partial charge on any atom is -0.368 e. The van der Waals surface area contributed by atoms with Gasteiger partial charge in [0.1, 0.15) is 5.60 Å². The van der Waals surface area contributed by atoms with Gasteiger partial charge in [0.15, 0.2) is 0 Å². The first kappa shape index (κ1) is 19.8. The lowest BCUT2D eigenvalue weighted by molar-refractivity contribution is -0.140. The predicted octanol–water partition coefficient (Wildman–Crippen LogP) is 2.57. The summed E-state index contributed by atoms with van der Waals surface area (Å²) in [5.41, 5.74) is 1.53. The van der Waals surface area contributed by atoms with Crippen LogP contribution in [0, 0.1) is 12.8 Å². The highest BCUT2D eigenvalue weighted by Gasteiger charge is 2.39. The van der Waals surface area contributed by atoms with E-state index >= 15 is 0 Å². The molecule has 1 aromatic carbocycles. The van der Waals surface area contributed by atoms with E-state index in [0.29, 0.717) is 24.3 Å². The van der Waals surface area contributed by atoms with Gasteiger partial charge in [-0.2, -0.15) is 0 Å². The van der Waals surface area contributed by atoms with Crippen LogP contribution >= 0.6 is 0 Å². The average molecular weight is 373 g/mol. The summed E-state index contributed by atoms with van der Waals surface area (Å²) in [4.78, 5) is 27.5. The normalized spacial score (nSPS) is 20.3. The van der Waals surface area contributed by atoms with Crippen molar-refractivity contribution in [2.75, 3.05) is 38.6 Å². The van der Waals surface area contributed by atoms with Crippen LogP contribution in [0.15, 0.2) is 18.2 Å². The Hall–Kier alpha value is -1.92. The van der Waals surface area contributed by atoms with Crippen LogP contribution in [-0.2, 0) is 9.53 Å². The molecule has 0 atom stereocenters. The Morgan fingerprint density at radius 2 is 1.89 bits per heavy atom. The molecule has 1 aromatic rings. The Labute approximate surface area is 161 Å². The van der Waals surface area contributed by atoms with Crippen LogP contribution in [-0.4, -0.2) is 55.6 Å². The van der Waals surface area contributed by atoms with Gasteiger partial charge < -0.3 is 20.3 Å². The van der Waals surface area contributed by atoms with E-state index in [1.807, 2.05) is 30.0 Å². The second-order valence-corrected chi connectivity index (χ2v) is 7.91. The summed E-state index contributed by atoms with van der Waals surface area (Å²) < 4.78 is 5.59. The molecular weight excluding hydrogens is 342 g/mol. The highest BCUT2D eigenvalue weighted by atomic mass is 16.5. The molecule has 2 saturated heterocycles. The smallest absolute Gasteiger partial charge is 0.256 e. The zero-order valence-corrected chi connectivity index (χ0v) is 16.6. The zero-order valence-electron chi connectivity index (χ0n) is 16.6. The van der Waals surface area contributed by atoms with Gasteiger partial charge in [0.2, 0.25) is 0 Å². The van der Waals surface area contributed by atoms with Crippen molar-refractivity contribution in [3.05, 3.63) is 29.3 Å². The number of nitrogens with zero attached hydrogens (tertiary/aromatic N) is 1. The molecule has 0 radical (unpaired) electrons. The summed E-state index contributed by atoms with van der Waals surface area (Å²) in [5, 5.41) is 6.26. The van der Waals surface area contributed by atoms with Crippen molar-refractivity contribution in [2.45, 2.75) is 45.1 Å². The molecule has 2 amide bonds. The maximum Gasteiger partial charge on any atom is 0.256 e. The number of carbonyl (C=O) groups is 2. The Bertz CT molecular complexity index is 690. The van der Waals surface area contributed by atoms with Crippen LogP contribution < -0.4 is 10.6 Å². The number of amides is 2. The lowest BCUT2D eigenvalue weighted by atomic mass is 9.91. The van der Waals surface area contributed by atoms with Gasteiger partial charge >= 0.3 is 0 Å². The van der Waals surface area contributed by atoms with E-state index in [1.54, 1.807) is 7.11 Å². The molecule has 0 bridgehead atoms. The van der Waals surface area contributed by atoms with Crippen LogP contribution in [0.4, 0.5) is 5.69 Å². The third-order valence-electron chi connectivity index (χ3n) is 6.01. The van der Waals surface area contributed by atoms with Crippen molar-refractivity contribution in [3.8, 4) is 0 Å². The fourth-order valence-corrected chi connectivity index (χ4v) is 3.92. The van der Waals surface area contributed by atoms with Crippen LogP contribution in [0.3, 0.4) is 0 Å². The molecule has 3 rings (SSSR count). The number of benzene rings is 1. The molecule has 0 spiro atoms. The van der Waals surface area contributed by atoms with E-state index < -0.39 is 5.60 Å². The molecule has 148 valence electrons. The van der Waals surface area contributed by atoms with Crippen molar-refractivity contribution < 1.29 is 14.3 Å². The number of aryl methyl sites for hydroxylation is 1. The van der Waals surface area contributed by atoms with E-state index in [2.05, 4.69) is 17.6 Å². The second-order valence-electron chi connectivity index (χ2n) is 7.91. The molecule has 6 heteroatoms. The maximum absolute atomic E-state index is 12.8. The largest absolute Gasteiger partial charge is 0.368 e. The molecule has 2 N–H and O–H groups in total. The number of methoxy groups -OCH3 is 1. The summed E-state index contributed by atoms with van der Waals surface area (Å²) in [6.07, 6.45) is 3.43. The third-order valence-corrected chi connectivity index (χ3v) is 6.01. The molecule has 0 unspecified atom stereocenters. The first-order valence-corrected chi connectivity index (χ1v) is 9.92. The highest BCUT2D eigenvalue weighted by molar-refractivity contribution is 5.99. The van der Waals surface area contributed by atoms with Gasteiger partial charge in [0, 0.05) is 31.5 Å². The number of carbonyl (C=O) groups excluding carboxylic acids is 2. The van der Waals surface area contributed by atoms with Crippen LogP contribution in [0.5, 0.6) is 0 Å². The maximum atomic E-state index is 12.8. The molecule has 0 aromatic heterocycles. The summed E-state index contributed by atoms with van der Waals surface area (Å²) in [7, 11) is 1.60. The highest BCUT2D eigenvalue weighted by Crippen LogP contribution is 2.26. The summed E-state index contributed by atoms with van der Waals surface area (Å²) in [6, 6.07) is 5.51. The van der Waals surface area contributed by atoms with Gasteiger partial charge in [-0.15, -0.1) is 0 Å². The average Bonchev–Trinajstić information content (AvgIpc) is 2.70. The molecule has 0 aliphatic carbocycles. The quantitative estimate of drug-likeness (QED) is 0.851. The van der Waals surface area contributed by atoms with Crippen LogP contribution in [0.25, 0.3) is 0 Å². The Balaban J connectivity index is 1.69. The number of ether oxygens (including phenoxy) is 1. The zero-order chi connectivity index (χ0) is 19.4. The fourth-order valence-electron chi connectivity index (χ4n) is 3.92. The van der Waals surface area contributed by atoms with Gasteiger partial charge in [-0.25, -0.2) is 0 Å². The van der Waals surface area contributed by atoms with Crippen molar-refractivity contribution >= 4 is 17.5 Å². The lowest BCUT2D eigenvalue weighted by Crippen LogP contribution is -2.51. The minimum atomic E-state index is -0.781. The SMILES string of the molecule is COC1(C(=O)Nc2ccc(C(=O)N3CCC(C)CC3)cc2C)CCNCC1. The summed E-state index contributed by atoms with van der Waals surface area (Å²) >= 11 is 0. The second kappa shape index (κ2) is 8.40. The monoisotopic (exact) mass is 373 g/mol. The predicted molar refractivity (Wildman–Crippen MR) is 106 cm³/mol. The number of piperidine rings is 2. The molecule has 2 aliphatic rings. The summed E-state index contributed by atoms with van der Waals surface area (Å²) in [5.74, 6) is 0.657. The van der Waals surface area contributed by atoms with Gasteiger partial charge in [-0.3, -0.25) is 9.59 Å². The van der Waals surface area contributed by atoms with Crippen molar-refractivity contribution in [3.63, 3.8) is 0 Å². The molecule has 27 heavy (non-hydrogen) atoms. The number of anilines is 1. The minimum absolute atomic E-state index is 0.0783. The van der Waals surface area contributed by atoms with Crippen LogP contribution in [0.2, 0.25) is 0 Å². The summed E-state index contributed by atoms with van der Waals surface area (Å²) in [6.45, 7) is 7.33. The van der Waals surface area contributed by atoms with Crippen molar-refractivity contribution in [1.82, 2.24) is 10.2 Å². The number of rotatable bonds is 4. The van der Waals surface area contributed by atoms with E-state index in [-0.39, 0.29) is 11.8 Å². The van der Waals surface area contributed by atoms with E-state index in [9.17, 15) is 9.59 Å². The molecule has 2 heterocycles. The van der Waals surface area contributed by atoms with E-state index in [0.717, 1.165) is 50.3 Å². The van der Waals surface area contributed by atoms with E-state index in [4.69, 9.17) is 4.74 Å². The van der Waals surface area contributed by atoms with Crippen molar-refractivity contribution in [1.29, 1.82) is 0 Å². The molecule has 6 nitrogen and oxygen atoms in total. The third kappa shape index (κ3) is 4.33. The number of nitrogens with one attached hydrogen (secondary N) is 2. The Morgan fingerprint density at radius 3 is 2.48 bits per heavy atom. The van der Waals surface area contributed by atoms with Gasteiger partial charge in [0.25, 0.3) is 11.8 Å². The molecule has 2 aliphatic heterocycles. The molecule has 0 saturated carbocycles. The lowest BCUT2D eigenvalue weighted by Gasteiger charge is -2.35. The Morgan fingerprint density at radius 1 is 1.22 bits per heavy atom. The Kier molecular flexibility index (Phi) is 6.17. The molecule has 2 fully saturated rings. The van der Waals surface area contributed by atoms with Gasteiger partial charge in [0.05, 0.1) is 0 Å². The number of likely N-dealkylation sites (tertiary alicyclic amines) is 1. The fraction of sp³-hybridized carbons (Fsp3) is 0.619. The standard InChI is InChI=1S/C21H31N3O3/c1-15-6-12-24(13-7-15)19(25)17-4-5-18(16(2)14-17)23-20(26)21(27-3)8-10-22-11-9-21/h4-5,14-15,22H,6-13H2,1-3H3,(H,23,26). The molecular formula is C21H31N3O3. The first-order chi connectivity index (χ1) is 12.9. The van der Waals surface area contributed by atoms with Gasteiger partial charge in [-0.05, 0) is 75.4 Å². The first-order valence-electron chi connectivity index (χ1n) is 9.92. The van der Waals surface area contributed by atoms with Gasteiger partial charge in [-0.1, -0.05) is 6.92 Å². The van der Waals surface area contributed by atoms with Crippen molar-refractivity contribution in [2.24, 2.45) is 5.92 Å².